The highest BCUT2D eigenvalue weighted by Crippen LogP contribution is 2.16. The Kier molecular flexibility index (Phi) is 4.17. The first-order valence-corrected chi connectivity index (χ1v) is 7.94. The molecule has 0 bridgehead atoms. The number of aryl methyl sites for hydroxylation is 1. The number of morpholine rings is 1. The van der Waals surface area contributed by atoms with Gasteiger partial charge in [0.1, 0.15) is 11.2 Å². The third kappa shape index (κ3) is 2.86. The highest BCUT2D eigenvalue weighted by Gasteiger charge is 2.28. The van der Waals surface area contributed by atoms with E-state index in [1.807, 2.05) is 26.8 Å². The molecule has 0 spiro atoms. The number of hydrogen-bond acceptors (Lipinski definition) is 4. The molecule has 1 aliphatic rings. The molecule has 122 valence electrons. The van der Waals surface area contributed by atoms with E-state index in [1.165, 1.54) is 0 Å². The SMILES string of the molecule is CCn1c(=O)c(C(=O)N2C[C@@H](C)O[C@@H](C)C2)cc2cccnc21. The van der Waals surface area contributed by atoms with Crippen molar-refractivity contribution in [3.8, 4) is 0 Å². The van der Waals surface area contributed by atoms with E-state index in [2.05, 4.69) is 4.98 Å². The highest BCUT2D eigenvalue weighted by atomic mass is 16.5. The lowest BCUT2D eigenvalue weighted by Gasteiger charge is -2.35. The maximum atomic E-state index is 12.9. The Hall–Kier alpha value is -2.21. The Morgan fingerprint density at radius 1 is 1.35 bits per heavy atom. The van der Waals surface area contributed by atoms with E-state index in [1.54, 1.807) is 27.8 Å². The molecule has 1 aliphatic heterocycles. The van der Waals surface area contributed by atoms with E-state index in [9.17, 15) is 9.59 Å². The fourth-order valence-corrected chi connectivity index (χ4v) is 3.17. The number of carbonyl (C=O) groups excluding carboxylic acids is 1. The summed E-state index contributed by atoms with van der Waals surface area (Å²) in [5, 5.41) is 0.798. The van der Waals surface area contributed by atoms with Crippen molar-refractivity contribution < 1.29 is 9.53 Å². The lowest BCUT2D eigenvalue weighted by molar-refractivity contribution is -0.0586. The van der Waals surface area contributed by atoms with E-state index in [-0.39, 0.29) is 29.2 Å². The zero-order chi connectivity index (χ0) is 16.6. The summed E-state index contributed by atoms with van der Waals surface area (Å²) < 4.78 is 7.21. The first-order chi connectivity index (χ1) is 11.0. The monoisotopic (exact) mass is 315 g/mol. The molecule has 3 heterocycles. The van der Waals surface area contributed by atoms with Crippen LogP contribution in [0.1, 0.15) is 31.1 Å². The summed E-state index contributed by atoms with van der Waals surface area (Å²) in [7, 11) is 0. The second-order valence-corrected chi connectivity index (χ2v) is 5.99. The van der Waals surface area contributed by atoms with Gasteiger partial charge in [-0.2, -0.15) is 0 Å². The summed E-state index contributed by atoms with van der Waals surface area (Å²) in [6.07, 6.45) is 1.59. The fraction of sp³-hybridized carbons (Fsp3) is 0.471. The lowest BCUT2D eigenvalue weighted by atomic mass is 10.1. The van der Waals surface area contributed by atoms with Crippen molar-refractivity contribution in [3.63, 3.8) is 0 Å². The topological polar surface area (TPSA) is 64.4 Å². The van der Waals surface area contributed by atoms with Crippen molar-refractivity contribution in [2.24, 2.45) is 0 Å². The standard InChI is InChI=1S/C17H21N3O3/c1-4-20-15-13(6-5-7-18-15)8-14(17(20)22)16(21)19-9-11(2)23-12(3)10-19/h5-8,11-12H,4,9-10H2,1-3H3/t11-,12+. The minimum atomic E-state index is -0.282. The molecule has 2 aromatic heterocycles. The quantitative estimate of drug-likeness (QED) is 0.845. The highest BCUT2D eigenvalue weighted by molar-refractivity contribution is 5.97. The summed E-state index contributed by atoms with van der Waals surface area (Å²) >= 11 is 0. The van der Waals surface area contributed by atoms with Crippen molar-refractivity contribution in [2.75, 3.05) is 13.1 Å². The number of ether oxygens (including phenoxy) is 1. The van der Waals surface area contributed by atoms with E-state index in [4.69, 9.17) is 4.74 Å². The van der Waals surface area contributed by atoms with Gasteiger partial charge in [0.05, 0.1) is 12.2 Å². The molecule has 0 aromatic carbocycles. The number of pyridine rings is 2. The number of nitrogens with zero attached hydrogens (tertiary/aromatic N) is 3. The molecule has 6 nitrogen and oxygen atoms in total. The molecule has 0 aliphatic carbocycles. The van der Waals surface area contributed by atoms with Crippen molar-refractivity contribution in [1.82, 2.24) is 14.5 Å². The Balaban J connectivity index is 2.07. The summed E-state index contributed by atoms with van der Waals surface area (Å²) in [6.45, 7) is 7.22. The van der Waals surface area contributed by atoms with Crippen LogP contribution in [0, 0.1) is 0 Å². The molecule has 0 unspecified atom stereocenters. The minimum absolute atomic E-state index is 0.0294. The third-order valence-corrected chi connectivity index (χ3v) is 4.10. The van der Waals surface area contributed by atoms with Crippen molar-refractivity contribution >= 4 is 16.9 Å². The van der Waals surface area contributed by atoms with Gasteiger partial charge in [0.25, 0.3) is 11.5 Å². The maximum absolute atomic E-state index is 12.9. The molecule has 3 rings (SSSR count). The van der Waals surface area contributed by atoms with Gasteiger partial charge in [-0.25, -0.2) is 4.98 Å². The predicted octanol–water partition coefficient (Wildman–Crippen LogP) is 1.67. The van der Waals surface area contributed by atoms with E-state index in [0.29, 0.717) is 25.3 Å². The van der Waals surface area contributed by atoms with E-state index in [0.717, 1.165) is 5.39 Å². The molecule has 2 atom stereocenters. The Bertz CT molecular complexity index is 789. The largest absolute Gasteiger partial charge is 0.372 e. The minimum Gasteiger partial charge on any atom is -0.372 e. The van der Waals surface area contributed by atoms with Crippen LogP contribution < -0.4 is 5.56 Å². The van der Waals surface area contributed by atoms with E-state index >= 15 is 0 Å². The predicted molar refractivity (Wildman–Crippen MR) is 87.6 cm³/mol. The summed E-state index contributed by atoms with van der Waals surface area (Å²) in [5.74, 6) is -0.232. The first-order valence-electron chi connectivity index (χ1n) is 7.94. The fourth-order valence-electron chi connectivity index (χ4n) is 3.17. The van der Waals surface area contributed by atoms with Crippen molar-refractivity contribution in [3.05, 3.63) is 40.3 Å². The Labute approximate surface area is 134 Å². The third-order valence-electron chi connectivity index (χ3n) is 4.10. The van der Waals surface area contributed by atoms with Crippen LogP contribution in [0.15, 0.2) is 29.2 Å². The molecule has 1 saturated heterocycles. The number of amides is 1. The summed E-state index contributed by atoms with van der Waals surface area (Å²) in [4.78, 5) is 31.5. The van der Waals surface area contributed by atoms with Crippen LogP contribution in [0.2, 0.25) is 0 Å². The molecule has 0 radical (unpaired) electrons. The van der Waals surface area contributed by atoms with Gasteiger partial charge in [-0.1, -0.05) is 0 Å². The molecular weight excluding hydrogens is 294 g/mol. The number of carbonyl (C=O) groups is 1. The molecule has 6 heteroatoms. The Morgan fingerprint density at radius 2 is 2.04 bits per heavy atom. The van der Waals surface area contributed by atoms with Gasteiger partial charge in [0.15, 0.2) is 0 Å². The molecule has 1 amide bonds. The maximum Gasteiger partial charge on any atom is 0.265 e. The summed E-state index contributed by atoms with van der Waals surface area (Å²) in [6, 6.07) is 5.33. The zero-order valence-electron chi connectivity index (χ0n) is 13.7. The number of rotatable bonds is 2. The summed E-state index contributed by atoms with van der Waals surface area (Å²) in [5.41, 5.74) is 0.532. The van der Waals surface area contributed by atoms with Crippen LogP contribution >= 0.6 is 0 Å². The molecular formula is C17H21N3O3. The average molecular weight is 315 g/mol. The van der Waals surface area contributed by atoms with Gasteiger partial charge in [-0.15, -0.1) is 0 Å². The molecule has 23 heavy (non-hydrogen) atoms. The average Bonchev–Trinajstić information content (AvgIpc) is 2.53. The van der Waals surface area contributed by atoms with E-state index < -0.39 is 0 Å². The van der Waals surface area contributed by atoms with Gasteiger partial charge >= 0.3 is 0 Å². The molecule has 1 fully saturated rings. The second-order valence-electron chi connectivity index (χ2n) is 5.99. The second kappa shape index (κ2) is 6.12. The first kappa shape index (κ1) is 15.7. The number of aromatic nitrogens is 2. The zero-order valence-corrected chi connectivity index (χ0v) is 13.7. The molecule has 2 aromatic rings. The number of hydrogen-bond donors (Lipinski definition) is 0. The van der Waals surface area contributed by atoms with Gasteiger partial charge < -0.3 is 9.64 Å². The van der Waals surface area contributed by atoms with Gasteiger partial charge in [-0.05, 0) is 39.0 Å². The van der Waals surface area contributed by atoms with Crippen LogP contribution in [0.4, 0.5) is 0 Å². The van der Waals surface area contributed by atoms with Crippen LogP contribution in [0.5, 0.6) is 0 Å². The van der Waals surface area contributed by atoms with Crippen LogP contribution in [-0.4, -0.2) is 45.7 Å². The van der Waals surface area contributed by atoms with Crippen molar-refractivity contribution in [1.29, 1.82) is 0 Å². The molecule has 0 N–H and O–H groups in total. The van der Waals surface area contributed by atoms with Crippen LogP contribution in [0.25, 0.3) is 11.0 Å². The van der Waals surface area contributed by atoms with Gasteiger partial charge in [0, 0.05) is 31.2 Å². The normalized spacial score (nSPS) is 21.6. The van der Waals surface area contributed by atoms with Gasteiger partial charge in [0.2, 0.25) is 0 Å². The van der Waals surface area contributed by atoms with Crippen LogP contribution in [0.3, 0.4) is 0 Å². The number of fused-ring (bicyclic) bond motifs is 1. The van der Waals surface area contributed by atoms with Crippen LogP contribution in [-0.2, 0) is 11.3 Å². The lowest BCUT2D eigenvalue weighted by Crippen LogP contribution is -2.49. The van der Waals surface area contributed by atoms with Crippen molar-refractivity contribution in [2.45, 2.75) is 39.5 Å². The molecule has 0 saturated carbocycles. The smallest absolute Gasteiger partial charge is 0.265 e. The Morgan fingerprint density at radius 3 is 2.70 bits per heavy atom. The van der Waals surface area contributed by atoms with Gasteiger partial charge in [-0.3, -0.25) is 14.2 Å².